The molecule has 2 saturated heterocycles. The average molecular weight is 523 g/mol. The molecular weight excluding hydrogens is 496 g/mol. The molecule has 3 aliphatic rings. The average Bonchev–Trinajstić information content (AvgIpc) is 3.38. The highest BCUT2D eigenvalue weighted by molar-refractivity contribution is 7.71. The Balaban J connectivity index is 1.57. The fourth-order valence-corrected chi connectivity index (χ4v) is 5.97. The summed E-state index contributed by atoms with van der Waals surface area (Å²) in [5.74, 6) is -1.32. The molecule has 0 saturated carbocycles. The van der Waals surface area contributed by atoms with Crippen LogP contribution in [0.5, 0.6) is 5.88 Å². The molecule has 1 aromatic heterocycles. The predicted molar refractivity (Wildman–Crippen MR) is 139 cm³/mol. The van der Waals surface area contributed by atoms with Gasteiger partial charge in [-0.3, -0.25) is 38.7 Å². The number of imide groups is 2. The molecule has 2 N–H and O–H groups in total. The minimum atomic E-state index is -1.41. The first kappa shape index (κ1) is 24.6. The number of barbiturate groups is 1. The molecule has 0 radical (unpaired) electrons. The molecule has 37 heavy (non-hydrogen) atoms. The summed E-state index contributed by atoms with van der Waals surface area (Å²) in [5.41, 5.74) is 0.0627. The molecule has 1 aromatic carbocycles. The maximum atomic E-state index is 13.5. The van der Waals surface area contributed by atoms with E-state index in [9.17, 15) is 24.3 Å². The van der Waals surface area contributed by atoms with Crippen LogP contribution in [0.4, 0.5) is 16.2 Å². The molecule has 5 rings (SSSR count). The summed E-state index contributed by atoms with van der Waals surface area (Å²) in [5, 5.41) is 10.6. The molecule has 0 bridgehead atoms. The molecule has 1 atom stereocenters. The molecule has 0 unspecified atom stereocenters. The fourth-order valence-electron chi connectivity index (χ4n) is 5.71. The van der Waals surface area contributed by atoms with E-state index in [4.69, 9.17) is 12.2 Å². The number of benzene rings is 1. The second-order valence-corrected chi connectivity index (χ2v) is 9.86. The van der Waals surface area contributed by atoms with Crippen molar-refractivity contribution in [1.29, 1.82) is 0 Å². The van der Waals surface area contributed by atoms with Crippen LogP contribution in [0.25, 0.3) is 0 Å². The van der Waals surface area contributed by atoms with Crippen LogP contribution in [-0.4, -0.2) is 75.2 Å². The van der Waals surface area contributed by atoms with E-state index in [1.807, 2.05) is 6.07 Å². The van der Waals surface area contributed by atoms with Crippen LogP contribution in [0.15, 0.2) is 40.6 Å². The topological polar surface area (TPSA) is 131 Å². The highest BCUT2D eigenvalue weighted by Gasteiger charge is 2.63. The summed E-state index contributed by atoms with van der Waals surface area (Å²) in [7, 11) is 2.81. The number of carbonyl (C=O) groups is 3. The largest absolute Gasteiger partial charge is 0.494 e. The van der Waals surface area contributed by atoms with Crippen LogP contribution in [0.1, 0.15) is 24.0 Å². The Morgan fingerprint density at radius 3 is 2.59 bits per heavy atom. The Bertz CT molecular complexity index is 1480. The Kier molecular flexibility index (Phi) is 5.86. The van der Waals surface area contributed by atoms with Gasteiger partial charge >= 0.3 is 6.03 Å². The quantitative estimate of drug-likeness (QED) is 0.272. The number of hydrogen-bond donors (Lipinski definition) is 2. The highest BCUT2D eigenvalue weighted by Crippen LogP contribution is 2.49. The van der Waals surface area contributed by atoms with Crippen molar-refractivity contribution < 1.29 is 19.5 Å². The first-order valence-electron chi connectivity index (χ1n) is 11.8. The van der Waals surface area contributed by atoms with E-state index in [1.165, 1.54) is 31.0 Å². The minimum Gasteiger partial charge on any atom is -0.494 e. The zero-order valence-corrected chi connectivity index (χ0v) is 21.2. The Hall–Kier alpha value is -4.06. The number of fused-ring (bicyclic) bond motifs is 4. The molecule has 2 aromatic rings. The third-order valence-electron chi connectivity index (χ3n) is 7.47. The van der Waals surface area contributed by atoms with Crippen molar-refractivity contribution in [2.45, 2.75) is 31.8 Å². The number of aliphatic imine (C=N–C) groups is 1. The van der Waals surface area contributed by atoms with Gasteiger partial charge in [-0.1, -0.05) is 6.08 Å². The van der Waals surface area contributed by atoms with Gasteiger partial charge in [0.1, 0.15) is 5.56 Å². The van der Waals surface area contributed by atoms with Crippen LogP contribution in [-0.2, 0) is 22.6 Å². The van der Waals surface area contributed by atoms with E-state index in [0.717, 1.165) is 27.5 Å². The number of anilines is 1. The number of urea groups is 1. The highest BCUT2D eigenvalue weighted by atomic mass is 32.1. The monoisotopic (exact) mass is 522 g/mol. The minimum absolute atomic E-state index is 0.0639. The predicted octanol–water partition coefficient (Wildman–Crippen LogP) is 2.11. The molecular formula is C25H26N6O5S. The lowest BCUT2D eigenvalue weighted by molar-refractivity contribution is -0.159. The van der Waals surface area contributed by atoms with Crippen molar-refractivity contribution in [2.75, 3.05) is 25.5 Å². The Morgan fingerprint density at radius 2 is 1.92 bits per heavy atom. The number of rotatable bonds is 4. The number of H-pyrrole nitrogens is 1. The zero-order valence-electron chi connectivity index (χ0n) is 20.4. The molecule has 0 aliphatic carbocycles. The first-order chi connectivity index (χ1) is 17.6. The third kappa shape index (κ3) is 3.54. The van der Waals surface area contributed by atoms with Gasteiger partial charge in [0.05, 0.1) is 11.7 Å². The van der Waals surface area contributed by atoms with Crippen LogP contribution in [0.3, 0.4) is 0 Å². The van der Waals surface area contributed by atoms with Gasteiger partial charge in [-0.25, -0.2) is 4.79 Å². The number of aromatic amines is 1. The van der Waals surface area contributed by atoms with Crippen molar-refractivity contribution in [3.05, 3.63) is 57.1 Å². The summed E-state index contributed by atoms with van der Waals surface area (Å²) >= 11 is 5.10. The summed E-state index contributed by atoms with van der Waals surface area (Å²) in [6.45, 7) is 4.51. The number of nitrogens with zero attached hydrogens (tertiary/aromatic N) is 5. The normalized spacial score (nSPS) is 20.6. The second-order valence-electron chi connectivity index (χ2n) is 9.48. The van der Waals surface area contributed by atoms with Crippen LogP contribution < -0.4 is 10.5 Å². The summed E-state index contributed by atoms with van der Waals surface area (Å²) in [4.78, 5) is 63.0. The van der Waals surface area contributed by atoms with Gasteiger partial charge in [0.15, 0.2) is 10.2 Å². The SMILES string of the molecule is C=CCn1c(O)c(C=Nc2ccc3c(c2)CC2(C(=O)N(C)C(=O)N(C)C2=O)[C@H]2CCCN32)c(=O)[nH]c1=S. The number of aromatic hydroxyl groups is 1. The summed E-state index contributed by atoms with van der Waals surface area (Å²) < 4.78 is 1.39. The molecule has 192 valence electrons. The first-order valence-corrected chi connectivity index (χ1v) is 12.2. The van der Waals surface area contributed by atoms with Crippen LogP contribution >= 0.6 is 12.2 Å². The molecule has 12 heteroatoms. The number of aromatic nitrogens is 2. The number of nitrogens with one attached hydrogen (secondary N) is 1. The lowest BCUT2D eigenvalue weighted by Gasteiger charge is -2.50. The van der Waals surface area contributed by atoms with Crippen molar-refractivity contribution in [3.63, 3.8) is 0 Å². The van der Waals surface area contributed by atoms with Gasteiger partial charge in [0, 0.05) is 39.1 Å². The van der Waals surface area contributed by atoms with Crippen molar-refractivity contribution in [2.24, 2.45) is 10.4 Å². The van der Waals surface area contributed by atoms with Gasteiger partial charge < -0.3 is 10.0 Å². The van der Waals surface area contributed by atoms with E-state index in [1.54, 1.807) is 12.1 Å². The third-order valence-corrected chi connectivity index (χ3v) is 7.79. The Labute approximate surface area is 217 Å². The Morgan fingerprint density at radius 1 is 1.22 bits per heavy atom. The number of carbonyl (C=O) groups excluding carboxylic acids is 3. The number of amides is 4. The van der Waals surface area contributed by atoms with Crippen molar-refractivity contribution >= 4 is 47.7 Å². The van der Waals surface area contributed by atoms with E-state index in [2.05, 4.69) is 21.5 Å². The maximum Gasteiger partial charge on any atom is 0.332 e. The summed E-state index contributed by atoms with van der Waals surface area (Å²) in [6, 6.07) is 4.44. The van der Waals surface area contributed by atoms with Gasteiger partial charge in [0.25, 0.3) is 5.56 Å². The van der Waals surface area contributed by atoms with Gasteiger partial charge in [-0.05, 0) is 55.2 Å². The van der Waals surface area contributed by atoms with E-state index in [0.29, 0.717) is 18.7 Å². The second kappa shape index (κ2) is 8.80. The zero-order chi connectivity index (χ0) is 26.6. The smallest absolute Gasteiger partial charge is 0.332 e. The van der Waals surface area contributed by atoms with E-state index in [-0.39, 0.29) is 35.2 Å². The lowest BCUT2D eigenvalue weighted by Crippen LogP contribution is -2.70. The van der Waals surface area contributed by atoms with Crippen LogP contribution in [0, 0.1) is 10.2 Å². The number of hydrogen-bond acceptors (Lipinski definition) is 8. The molecule has 2 fully saturated rings. The van der Waals surface area contributed by atoms with E-state index >= 15 is 0 Å². The molecule has 11 nitrogen and oxygen atoms in total. The van der Waals surface area contributed by atoms with Crippen molar-refractivity contribution in [3.8, 4) is 5.88 Å². The van der Waals surface area contributed by atoms with Gasteiger partial charge in [-0.2, -0.15) is 0 Å². The van der Waals surface area contributed by atoms with Gasteiger partial charge in [0.2, 0.25) is 17.7 Å². The number of allylic oxidation sites excluding steroid dienone is 1. The molecule has 4 amide bonds. The summed E-state index contributed by atoms with van der Waals surface area (Å²) in [6.07, 6.45) is 4.40. The maximum absolute atomic E-state index is 13.5. The van der Waals surface area contributed by atoms with E-state index < -0.39 is 28.8 Å². The standard InChI is InChI=1S/C25H26N6O5S/c1-4-9-31-20(33)16(19(32)27-23(31)37)13-26-15-7-8-17-14(11-15)12-25(18-6-5-10-30(17)18)21(34)28(2)24(36)29(3)22(25)35/h4,7-8,11,13,18,33H,1,5-6,9-10,12H2,2-3H3,(H,27,32,37)/t18-/m1/s1. The van der Waals surface area contributed by atoms with Crippen molar-refractivity contribution in [1.82, 2.24) is 19.4 Å². The molecule has 3 aliphatic heterocycles. The molecule has 1 spiro atoms. The fraction of sp³-hybridized carbons (Fsp3) is 0.360. The van der Waals surface area contributed by atoms with Gasteiger partial charge in [-0.15, -0.1) is 6.58 Å². The lowest BCUT2D eigenvalue weighted by atomic mass is 9.68. The van der Waals surface area contributed by atoms with Crippen LogP contribution in [0.2, 0.25) is 0 Å². The molecule has 4 heterocycles.